The van der Waals surface area contributed by atoms with Crippen molar-refractivity contribution in [3.05, 3.63) is 23.8 Å². The Morgan fingerprint density at radius 2 is 2.11 bits per heavy atom. The van der Waals surface area contributed by atoms with E-state index in [-0.39, 0.29) is 23.2 Å². The standard InChI is InChI=1S/C15H20O4/c1-8-4-11(16)7-15(3)12(8)5-10(6-13(15)17)9(2)14(18)19/h4,10,12-13,17H,2,5-7H2,1,3H3,(H,18,19)/t10?,12?,13-,15-/m0/s1. The quantitative estimate of drug-likeness (QED) is 0.747. The molecule has 2 unspecified atom stereocenters. The summed E-state index contributed by atoms with van der Waals surface area (Å²) in [6.07, 6.45) is 2.32. The van der Waals surface area contributed by atoms with Crippen LogP contribution in [0.25, 0.3) is 0 Å². The predicted octanol–water partition coefficient (Wildman–Crippen LogP) is 1.94. The number of fused-ring (bicyclic) bond motifs is 1. The van der Waals surface area contributed by atoms with Crippen LogP contribution in [0, 0.1) is 17.3 Å². The second-order valence-corrected chi connectivity index (χ2v) is 6.10. The Bertz CT molecular complexity index is 477. The monoisotopic (exact) mass is 264 g/mol. The zero-order chi connectivity index (χ0) is 14.4. The lowest BCUT2D eigenvalue weighted by atomic mass is 9.56. The number of carboxylic acids is 1. The summed E-state index contributed by atoms with van der Waals surface area (Å²) in [6.45, 7) is 7.43. The maximum atomic E-state index is 11.7. The van der Waals surface area contributed by atoms with Gasteiger partial charge in [0.15, 0.2) is 5.78 Å². The van der Waals surface area contributed by atoms with Gasteiger partial charge in [-0.1, -0.05) is 19.1 Å². The van der Waals surface area contributed by atoms with Gasteiger partial charge in [0.1, 0.15) is 0 Å². The molecule has 2 aliphatic rings. The number of hydrogen-bond acceptors (Lipinski definition) is 3. The highest BCUT2D eigenvalue weighted by molar-refractivity contribution is 5.92. The Kier molecular flexibility index (Phi) is 3.39. The van der Waals surface area contributed by atoms with Gasteiger partial charge in [-0.05, 0) is 37.7 Å². The lowest BCUT2D eigenvalue weighted by Crippen LogP contribution is -2.49. The van der Waals surface area contributed by atoms with Gasteiger partial charge in [0.2, 0.25) is 0 Å². The van der Waals surface area contributed by atoms with E-state index in [1.807, 2.05) is 13.8 Å². The van der Waals surface area contributed by atoms with Crippen LogP contribution in [-0.4, -0.2) is 28.1 Å². The SMILES string of the molecule is C=C(C(=O)O)C1CC2C(C)=CC(=O)C[C@]2(C)[C@@H](O)C1. The largest absolute Gasteiger partial charge is 0.478 e. The average Bonchev–Trinajstić information content (AvgIpc) is 2.29. The summed E-state index contributed by atoms with van der Waals surface area (Å²) >= 11 is 0. The Morgan fingerprint density at radius 1 is 1.47 bits per heavy atom. The molecule has 2 N–H and O–H groups in total. The fraction of sp³-hybridized carbons (Fsp3) is 0.600. The molecule has 0 spiro atoms. The summed E-state index contributed by atoms with van der Waals surface area (Å²) in [4.78, 5) is 22.7. The van der Waals surface area contributed by atoms with E-state index in [2.05, 4.69) is 6.58 Å². The van der Waals surface area contributed by atoms with Crippen molar-refractivity contribution in [3.8, 4) is 0 Å². The fourth-order valence-corrected chi connectivity index (χ4v) is 3.61. The van der Waals surface area contributed by atoms with Crippen LogP contribution in [0.5, 0.6) is 0 Å². The summed E-state index contributed by atoms with van der Waals surface area (Å²) in [6, 6.07) is 0. The van der Waals surface area contributed by atoms with Gasteiger partial charge in [-0.2, -0.15) is 0 Å². The maximum Gasteiger partial charge on any atom is 0.331 e. The highest BCUT2D eigenvalue weighted by atomic mass is 16.4. The normalized spacial score (nSPS) is 38.4. The molecule has 104 valence electrons. The summed E-state index contributed by atoms with van der Waals surface area (Å²) in [7, 11) is 0. The molecule has 0 saturated heterocycles. The molecule has 0 aromatic carbocycles. The number of hydrogen-bond donors (Lipinski definition) is 2. The van der Waals surface area contributed by atoms with E-state index in [1.165, 1.54) is 0 Å². The van der Waals surface area contributed by atoms with Crippen LogP contribution < -0.4 is 0 Å². The number of carboxylic acid groups (broad SMARTS) is 1. The third kappa shape index (κ3) is 2.25. The third-order valence-electron chi connectivity index (χ3n) is 4.85. The van der Waals surface area contributed by atoms with Gasteiger partial charge in [-0.3, -0.25) is 4.79 Å². The summed E-state index contributed by atoms with van der Waals surface area (Å²) in [5.41, 5.74) is 0.636. The molecule has 2 aliphatic carbocycles. The molecular weight excluding hydrogens is 244 g/mol. The van der Waals surface area contributed by atoms with E-state index in [1.54, 1.807) is 6.08 Å². The molecule has 1 fully saturated rings. The predicted molar refractivity (Wildman–Crippen MR) is 70.5 cm³/mol. The van der Waals surface area contributed by atoms with E-state index in [0.717, 1.165) is 5.57 Å². The first-order valence-corrected chi connectivity index (χ1v) is 6.57. The van der Waals surface area contributed by atoms with Crippen molar-refractivity contribution in [2.45, 2.75) is 39.2 Å². The first-order chi connectivity index (χ1) is 8.75. The number of aliphatic hydroxyl groups is 1. The molecule has 4 nitrogen and oxygen atoms in total. The van der Waals surface area contributed by atoms with Crippen LogP contribution >= 0.6 is 0 Å². The minimum atomic E-state index is -1.01. The van der Waals surface area contributed by atoms with Gasteiger partial charge in [-0.15, -0.1) is 0 Å². The summed E-state index contributed by atoms with van der Waals surface area (Å²) in [5.74, 6) is -1.13. The Labute approximate surface area is 112 Å². The van der Waals surface area contributed by atoms with E-state index in [0.29, 0.717) is 19.3 Å². The van der Waals surface area contributed by atoms with Crippen molar-refractivity contribution in [1.29, 1.82) is 0 Å². The first-order valence-electron chi connectivity index (χ1n) is 6.57. The molecule has 19 heavy (non-hydrogen) atoms. The highest BCUT2D eigenvalue weighted by Gasteiger charge is 2.50. The number of ketones is 1. The molecule has 4 atom stereocenters. The smallest absolute Gasteiger partial charge is 0.331 e. The number of carbonyl (C=O) groups is 2. The van der Waals surface area contributed by atoms with Gasteiger partial charge in [-0.25, -0.2) is 4.79 Å². The van der Waals surface area contributed by atoms with Crippen molar-refractivity contribution in [1.82, 2.24) is 0 Å². The number of allylic oxidation sites excluding steroid dienone is 2. The first kappa shape index (κ1) is 14.0. The Morgan fingerprint density at radius 3 is 2.68 bits per heavy atom. The minimum absolute atomic E-state index is 0.0470. The molecule has 0 heterocycles. The average molecular weight is 264 g/mol. The third-order valence-corrected chi connectivity index (χ3v) is 4.85. The van der Waals surface area contributed by atoms with Crippen LogP contribution in [0.15, 0.2) is 23.8 Å². The van der Waals surface area contributed by atoms with Gasteiger partial charge in [0.05, 0.1) is 6.10 Å². The van der Waals surface area contributed by atoms with Crippen LogP contribution in [0.4, 0.5) is 0 Å². The summed E-state index contributed by atoms with van der Waals surface area (Å²) < 4.78 is 0. The second kappa shape index (κ2) is 4.60. The van der Waals surface area contributed by atoms with Crippen molar-refractivity contribution in [3.63, 3.8) is 0 Å². The van der Waals surface area contributed by atoms with Crippen molar-refractivity contribution in [2.75, 3.05) is 0 Å². The molecule has 0 amide bonds. The molecule has 4 heteroatoms. The van der Waals surface area contributed by atoms with Crippen molar-refractivity contribution in [2.24, 2.45) is 17.3 Å². The molecule has 0 radical (unpaired) electrons. The van der Waals surface area contributed by atoms with Crippen molar-refractivity contribution >= 4 is 11.8 Å². The number of rotatable bonds is 2. The highest BCUT2D eigenvalue weighted by Crippen LogP contribution is 2.52. The topological polar surface area (TPSA) is 74.6 Å². The van der Waals surface area contributed by atoms with Crippen LogP contribution in [0.3, 0.4) is 0 Å². The number of aliphatic carboxylic acids is 1. The Hall–Kier alpha value is -1.42. The maximum absolute atomic E-state index is 11.7. The van der Waals surface area contributed by atoms with E-state index in [9.17, 15) is 14.7 Å². The van der Waals surface area contributed by atoms with Gasteiger partial charge >= 0.3 is 5.97 Å². The lowest BCUT2D eigenvalue weighted by Gasteiger charge is -2.50. The van der Waals surface area contributed by atoms with Crippen LogP contribution in [0.2, 0.25) is 0 Å². The van der Waals surface area contributed by atoms with E-state index in [4.69, 9.17) is 5.11 Å². The number of carbonyl (C=O) groups excluding carboxylic acids is 1. The van der Waals surface area contributed by atoms with Crippen molar-refractivity contribution < 1.29 is 19.8 Å². The minimum Gasteiger partial charge on any atom is -0.478 e. The molecule has 0 aromatic heterocycles. The summed E-state index contributed by atoms with van der Waals surface area (Å²) in [5, 5.41) is 19.4. The molecule has 0 bridgehead atoms. The second-order valence-electron chi connectivity index (χ2n) is 6.10. The fourth-order valence-electron chi connectivity index (χ4n) is 3.61. The van der Waals surface area contributed by atoms with Gasteiger partial charge < -0.3 is 10.2 Å². The number of aliphatic hydroxyl groups excluding tert-OH is 1. The molecule has 0 aliphatic heterocycles. The van der Waals surface area contributed by atoms with Crippen LogP contribution in [0.1, 0.15) is 33.1 Å². The van der Waals surface area contributed by atoms with Crippen LogP contribution in [-0.2, 0) is 9.59 Å². The molecular formula is C15H20O4. The zero-order valence-electron chi connectivity index (χ0n) is 11.3. The van der Waals surface area contributed by atoms with E-state index < -0.39 is 17.5 Å². The van der Waals surface area contributed by atoms with Gasteiger partial charge in [0, 0.05) is 17.4 Å². The molecule has 1 saturated carbocycles. The Balaban J connectivity index is 2.32. The molecule has 2 rings (SSSR count). The molecule has 0 aromatic rings. The zero-order valence-corrected chi connectivity index (χ0v) is 11.3. The van der Waals surface area contributed by atoms with Gasteiger partial charge in [0.25, 0.3) is 0 Å². The lowest BCUT2D eigenvalue weighted by molar-refractivity contribution is -0.135. The van der Waals surface area contributed by atoms with E-state index >= 15 is 0 Å².